The minimum absolute atomic E-state index is 0.148. The summed E-state index contributed by atoms with van der Waals surface area (Å²) in [6, 6.07) is 32.3. The second-order valence-corrected chi connectivity index (χ2v) is 14.7. The van der Waals surface area contributed by atoms with Crippen molar-refractivity contribution >= 4 is 29.1 Å². The Balaban J connectivity index is 1.55. The normalized spacial score (nSPS) is 18.0. The van der Waals surface area contributed by atoms with Gasteiger partial charge in [-0.05, 0) is 70.5 Å². The Hall–Kier alpha value is -2.52. The van der Waals surface area contributed by atoms with Crippen molar-refractivity contribution in [1.82, 2.24) is 5.06 Å². The molecule has 0 aromatic heterocycles. The average Bonchev–Trinajstić information content (AvgIpc) is 2.86. The van der Waals surface area contributed by atoms with E-state index in [1.807, 2.05) is 27.7 Å². The van der Waals surface area contributed by atoms with Gasteiger partial charge >= 0.3 is 5.97 Å². The number of carbonyl (C=O) groups excluding carboxylic acids is 1. The topological polar surface area (TPSA) is 49.8 Å². The van der Waals surface area contributed by atoms with Crippen molar-refractivity contribution in [3.05, 3.63) is 91.0 Å². The van der Waals surface area contributed by atoms with Crippen LogP contribution in [0.25, 0.3) is 0 Å². The predicted molar refractivity (Wildman–Crippen MR) is 150 cm³/mol. The Kier molecular flexibility index (Phi) is 7.99. The van der Waals surface area contributed by atoms with E-state index in [9.17, 15) is 10.0 Å². The summed E-state index contributed by atoms with van der Waals surface area (Å²) in [4.78, 5) is 13.0. The number of hydrogen-bond donors (Lipinski definition) is 1. The molecule has 0 unspecified atom stereocenters. The molecule has 190 valence electrons. The first-order valence-corrected chi connectivity index (χ1v) is 14.9. The number of esters is 1. The molecule has 1 aliphatic rings. The van der Waals surface area contributed by atoms with Crippen molar-refractivity contribution in [3.63, 3.8) is 0 Å². The number of benzene rings is 3. The van der Waals surface area contributed by atoms with E-state index in [1.165, 1.54) is 21.0 Å². The van der Waals surface area contributed by atoms with Crippen LogP contribution in [0.1, 0.15) is 53.4 Å². The summed E-state index contributed by atoms with van der Waals surface area (Å²) >= 11 is 0. The molecular weight excluding hydrogens is 465 g/mol. The van der Waals surface area contributed by atoms with Gasteiger partial charge in [0.25, 0.3) is 0 Å². The number of hydrogen-bond acceptors (Lipinski definition) is 4. The Bertz CT molecular complexity index is 1020. The summed E-state index contributed by atoms with van der Waals surface area (Å²) in [5.41, 5.74) is -0.886. The minimum Gasteiger partial charge on any atom is -0.462 e. The Labute approximate surface area is 216 Å². The van der Waals surface area contributed by atoms with Crippen LogP contribution in [0.4, 0.5) is 0 Å². The molecule has 36 heavy (non-hydrogen) atoms. The van der Waals surface area contributed by atoms with E-state index in [0.717, 1.165) is 12.6 Å². The first-order valence-electron chi connectivity index (χ1n) is 12.9. The van der Waals surface area contributed by atoms with E-state index in [-0.39, 0.29) is 12.1 Å². The highest BCUT2D eigenvalue weighted by Crippen LogP contribution is 2.56. The third-order valence-electron chi connectivity index (χ3n) is 7.36. The fourth-order valence-corrected chi connectivity index (χ4v) is 10.2. The van der Waals surface area contributed by atoms with Crippen molar-refractivity contribution in [1.29, 1.82) is 0 Å². The van der Waals surface area contributed by atoms with Gasteiger partial charge in [-0.25, -0.2) is 0 Å². The highest BCUT2D eigenvalue weighted by molar-refractivity contribution is 7.95. The fourth-order valence-electron chi connectivity index (χ4n) is 5.85. The van der Waals surface area contributed by atoms with Crippen molar-refractivity contribution in [3.8, 4) is 0 Å². The maximum Gasteiger partial charge on any atom is 0.306 e. The van der Waals surface area contributed by atoms with Crippen LogP contribution in [-0.2, 0) is 9.53 Å². The summed E-state index contributed by atoms with van der Waals surface area (Å²) in [5, 5.41) is 16.0. The zero-order valence-corrected chi connectivity index (χ0v) is 22.8. The molecule has 0 amide bonds. The second kappa shape index (κ2) is 10.8. The molecule has 4 nitrogen and oxygen atoms in total. The Morgan fingerprint density at radius 2 is 1.19 bits per heavy atom. The molecule has 4 rings (SSSR count). The van der Waals surface area contributed by atoms with E-state index in [4.69, 9.17) is 4.74 Å². The predicted octanol–water partition coefficient (Wildman–Crippen LogP) is 5.71. The molecule has 0 aliphatic carbocycles. The number of ether oxygens (including phenoxy) is 1. The van der Waals surface area contributed by atoms with Gasteiger partial charge in [-0.2, -0.15) is 5.06 Å². The smallest absolute Gasteiger partial charge is 0.306 e. The lowest BCUT2D eigenvalue weighted by Crippen LogP contribution is -2.60. The van der Waals surface area contributed by atoms with E-state index in [1.54, 1.807) is 0 Å². The molecular formula is C31H39NO3P+. The Morgan fingerprint density at radius 3 is 1.58 bits per heavy atom. The average molecular weight is 505 g/mol. The van der Waals surface area contributed by atoms with Crippen LogP contribution in [0.3, 0.4) is 0 Å². The van der Waals surface area contributed by atoms with E-state index in [0.29, 0.717) is 19.3 Å². The van der Waals surface area contributed by atoms with E-state index in [2.05, 4.69) is 91.0 Å². The first kappa shape index (κ1) is 26.5. The highest BCUT2D eigenvalue weighted by atomic mass is 31.2. The first-order chi connectivity index (χ1) is 17.1. The van der Waals surface area contributed by atoms with Gasteiger partial charge in [-0.3, -0.25) is 4.79 Å². The van der Waals surface area contributed by atoms with Crippen LogP contribution >= 0.6 is 7.26 Å². The molecule has 3 aromatic rings. The second-order valence-electron chi connectivity index (χ2n) is 11.1. The summed E-state index contributed by atoms with van der Waals surface area (Å²) in [6.45, 7) is 7.97. The van der Waals surface area contributed by atoms with Crippen LogP contribution in [0.5, 0.6) is 0 Å². The lowest BCUT2D eigenvalue weighted by Gasteiger charge is -2.50. The van der Waals surface area contributed by atoms with Crippen LogP contribution in [0, 0.1) is 0 Å². The van der Waals surface area contributed by atoms with Gasteiger partial charge in [0.2, 0.25) is 0 Å². The maximum atomic E-state index is 13.0. The lowest BCUT2D eigenvalue weighted by molar-refractivity contribution is -0.259. The molecule has 5 heteroatoms. The molecule has 1 N–H and O–H groups in total. The number of rotatable bonds is 8. The Morgan fingerprint density at radius 1 is 0.806 bits per heavy atom. The molecule has 0 saturated carbocycles. The fraction of sp³-hybridized carbons (Fsp3) is 0.387. The van der Waals surface area contributed by atoms with Crippen LogP contribution in [0.15, 0.2) is 91.0 Å². The monoisotopic (exact) mass is 504 g/mol. The summed E-state index contributed by atoms with van der Waals surface area (Å²) in [6.07, 6.45) is 3.07. The third-order valence-corrected chi connectivity index (χ3v) is 11.9. The number of carbonyl (C=O) groups is 1. The maximum absolute atomic E-state index is 13.0. The van der Waals surface area contributed by atoms with E-state index < -0.39 is 18.3 Å². The molecule has 1 saturated heterocycles. The molecule has 0 bridgehead atoms. The zero-order valence-electron chi connectivity index (χ0n) is 21.9. The van der Waals surface area contributed by atoms with Crippen molar-refractivity contribution < 1.29 is 14.7 Å². The third kappa shape index (κ3) is 5.57. The SMILES string of the molecule is CC1(C)CC(OC(=O)CCC[P+](c2ccccc2)(c2ccccc2)c2ccccc2)CC(C)(C)N1O. The molecule has 0 radical (unpaired) electrons. The van der Waals surface area contributed by atoms with Gasteiger partial charge in [0.1, 0.15) is 29.3 Å². The van der Waals surface area contributed by atoms with Crippen LogP contribution in [0.2, 0.25) is 0 Å². The molecule has 0 spiro atoms. The van der Waals surface area contributed by atoms with Crippen LogP contribution < -0.4 is 15.9 Å². The zero-order chi connectivity index (χ0) is 25.8. The lowest BCUT2D eigenvalue weighted by atomic mass is 9.80. The van der Waals surface area contributed by atoms with Gasteiger partial charge < -0.3 is 9.94 Å². The highest BCUT2D eigenvalue weighted by Gasteiger charge is 2.47. The van der Waals surface area contributed by atoms with E-state index >= 15 is 0 Å². The van der Waals surface area contributed by atoms with Crippen molar-refractivity contribution in [2.45, 2.75) is 70.6 Å². The molecule has 1 aliphatic heterocycles. The van der Waals surface area contributed by atoms with Gasteiger partial charge in [0.05, 0.1) is 6.16 Å². The van der Waals surface area contributed by atoms with Crippen LogP contribution in [-0.4, -0.2) is 39.6 Å². The largest absolute Gasteiger partial charge is 0.462 e. The molecule has 1 fully saturated rings. The van der Waals surface area contributed by atoms with Gasteiger partial charge in [-0.1, -0.05) is 54.6 Å². The minimum atomic E-state index is -1.95. The number of piperidine rings is 1. The standard InChI is InChI=1S/C31H39NO3P/c1-30(2)23-25(24-31(3,4)32(30)34)35-29(33)21-14-22-36(26-15-8-5-9-16-26,27-17-10-6-11-18-27)28-19-12-7-13-20-28/h5-13,15-20,25,34H,14,21-24H2,1-4H3/q+1. The van der Waals surface area contributed by atoms with Crippen molar-refractivity contribution in [2.75, 3.05) is 6.16 Å². The van der Waals surface area contributed by atoms with Crippen molar-refractivity contribution in [2.24, 2.45) is 0 Å². The number of nitrogens with zero attached hydrogens (tertiary/aromatic N) is 1. The molecule has 1 heterocycles. The quantitative estimate of drug-likeness (QED) is 0.315. The van der Waals surface area contributed by atoms with Gasteiger partial charge in [-0.15, -0.1) is 0 Å². The van der Waals surface area contributed by atoms with Gasteiger partial charge in [0, 0.05) is 30.3 Å². The molecule has 0 atom stereocenters. The number of hydroxylamine groups is 2. The molecule has 3 aromatic carbocycles. The van der Waals surface area contributed by atoms with Gasteiger partial charge in [0.15, 0.2) is 0 Å². The summed E-state index contributed by atoms with van der Waals surface area (Å²) < 4.78 is 5.98. The summed E-state index contributed by atoms with van der Waals surface area (Å²) in [7, 11) is -1.95. The summed E-state index contributed by atoms with van der Waals surface area (Å²) in [5.74, 6) is -0.148.